The van der Waals surface area contributed by atoms with E-state index in [9.17, 15) is 9.59 Å². The van der Waals surface area contributed by atoms with E-state index in [-0.39, 0.29) is 24.4 Å². The van der Waals surface area contributed by atoms with E-state index in [1.54, 1.807) is 11.0 Å². The van der Waals surface area contributed by atoms with Crippen LogP contribution in [0.5, 0.6) is 0 Å². The first-order chi connectivity index (χ1) is 7.04. The first-order valence-electron chi connectivity index (χ1n) is 5.23. The Bertz CT molecular complexity index is 274. The van der Waals surface area contributed by atoms with Crippen LogP contribution in [0.15, 0.2) is 12.7 Å². The molecule has 4 nitrogen and oxygen atoms in total. The molecule has 4 heteroatoms. The summed E-state index contributed by atoms with van der Waals surface area (Å²) in [6, 6.07) is -0.355. The zero-order chi connectivity index (χ0) is 11.4. The fourth-order valence-electron chi connectivity index (χ4n) is 1.71. The molecule has 1 saturated heterocycles. The molecular formula is C11H18N2O2. The number of hydrogen-bond donors (Lipinski definition) is 1. The van der Waals surface area contributed by atoms with Crippen LogP contribution in [-0.4, -0.2) is 35.8 Å². The number of carbonyl (C=O) groups is 2. The van der Waals surface area contributed by atoms with Crippen LogP contribution >= 0.6 is 0 Å². The van der Waals surface area contributed by atoms with Crippen LogP contribution in [-0.2, 0) is 9.59 Å². The van der Waals surface area contributed by atoms with Crippen molar-refractivity contribution in [2.24, 2.45) is 5.92 Å². The van der Waals surface area contributed by atoms with Crippen molar-refractivity contribution in [1.29, 1.82) is 0 Å². The van der Waals surface area contributed by atoms with E-state index in [0.29, 0.717) is 18.9 Å². The molecule has 0 aromatic heterocycles. The minimum absolute atomic E-state index is 0.00296. The molecule has 0 radical (unpaired) electrons. The molecule has 0 aliphatic carbocycles. The molecule has 1 fully saturated rings. The van der Waals surface area contributed by atoms with E-state index in [2.05, 4.69) is 11.9 Å². The molecule has 15 heavy (non-hydrogen) atoms. The quantitative estimate of drug-likeness (QED) is 0.689. The zero-order valence-corrected chi connectivity index (χ0v) is 9.32. The second-order valence-corrected chi connectivity index (χ2v) is 4.26. The van der Waals surface area contributed by atoms with Gasteiger partial charge in [0.2, 0.25) is 11.8 Å². The molecule has 0 aromatic rings. The maximum absolute atomic E-state index is 11.9. The van der Waals surface area contributed by atoms with Crippen LogP contribution < -0.4 is 5.32 Å². The Kier molecular flexibility index (Phi) is 3.88. The van der Waals surface area contributed by atoms with Crippen molar-refractivity contribution in [1.82, 2.24) is 10.2 Å². The summed E-state index contributed by atoms with van der Waals surface area (Å²) in [6.45, 7) is 8.24. The highest BCUT2D eigenvalue weighted by Gasteiger charge is 2.31. The molecule has 1 N–H and O–H groups in total. The number of amides is 2. The Hall–Kier alpha value is -1.32. The van der Waals surface area contributed by atoms with E-state index in [1.165, 1.54) is 0 Å². The van der Waals surface area contributed by atoms with Crippen LogP contribution in [0, 0.1) is 5.92 Å². The molecule has 1 aliphatic heterocycles. The number of nitrogens with one attached hydrogen (secondary N) is 1. The van der Waals surface area contributed by atoms with Gasteiger partial charge in [-0.05, 0) is 12.3 Å². The van der Waals surface area contributed by atoms with E-state index >= 15 is 0 Å². The summed E-state index contributed by atoms with van der Waals surface area (Å²) in [5.74, 6) is 0.313. The Morgan fingerprint density at radius 2 is 2.27 bits per heavy atom. The van der Waals surface area contributed by atoms with Gasteiger partial charge in [-0.15, -0.1) is 6.58 Å². The number of hydrogen-bond acceptors (Lipinski definition) is 2. The minimum atomic E-state index is -0.355. The predicted molar refractivity (Wildman–Crippen MR) is 58.2 cm³/mol. The highest BCUT2D eigenvalue weighted by molar-refractivity contribution is 5.94. The van der Waals surface area contributed by atoms with Crippen molar-refractivity contribution < 1.29 is 9.59 Å². The van der Waals surface area contributed by atoms with Crippen LogP contribution in [0.1, 0.15) is 20.3 Å². The summed E-state index contributed by atoms with van der Waals surface area (Å²) >= 11 is 0. The first kappa shape index (κ1) is 11.8. The molecule has 0 spiro atoms. The van der Waals surface area contributed by atoms with E-state index in [0.717, 1.165) is 0 Å². The van der Waals surface area contributed by atoms with Gasteiger partial charge in [0, 0.05) is 6.54 Å². The normalized spacial score (nSPS) is 21.8. The molecule has 0 aromatic carbocycles. The van der Waals surface area contributed by atoms with Crippen molar-refractivity contribution in [2.45, 2.75) is 26.3 Å². The first-order valence-corrected chi connectivity index (χ1v) is 5.23. The SMILES string of the molecule is C=CCN1CC(=O)NC(CC(C)C)C1=O. The fourth-order valence-corrected chi connectivity index (χ4v) is 1.71. The summed E-state index contributed by atoms with van der Waals surface area (Å²) in [4.78, 5) is 24.7. The van der Waals surface area contributed by atoms with Crippen molar-refractivity contribution >= 4 is 11.8 Å². The van der Waals surface area contributed by atoms with Gasteiger partial charge in [-0.3, -0.25) is 9.59 Å². The molecule has 1 rings (SSSR count). The lowest BCUT2D eigenvalue weighted by molar-refractivity contribution is -0.144. The maximum Gasteiger partial charge on any atom is 0.245 e. The van der Waals surface area contributed by atoms with Gasteiger partial charge in [-0.2, -0.15) is 0 Å². The molecular weight excluding hydrogens is 192 g/mol. The number of piperazine rings is 1. The van der Waals surface area contributed by atoms with E-state index in [1.807, 2.05) is 13.8 Å². The van der Waals surface area contributed by atoms with Crippen molar-refractivity contribution in [3.63, 3.8) is 0 Å². The summed E-state index contributed by atoms with van der Waals surface area (Å²) < 4.78 is 0. The standard InChI is InChI=1S/C11H18N2O2/c1-4-5-13-7-10(14)12-9(11(13)15)6-8(2)3/h4,8-9H,1,5-7H2,2-3H3,(H,12,14). The number of nitrogens with zero attached hydrogens (tertiary/aromatic N) is 1. The van der Waals surface area contributed by atoms with Gasteiger partial charge >= 0.3 is 0 Å². The van der Waals surface area contributed by atoms with Crippen molar-refractivity contribution in [3.05, 3.63) is 12.7 Å². The summed E-state index contributed by atoms with van der Waals surface area (Å²) in [6.07, 6.45) is 2.33. The largest absolute Gasteiger partial charge is 0.343 e. The Morgan fingerprint density at radius 1 is 1.60 bits per heavy atom. The lowest BCUT2D eigenvalue weighted by atomic mass is 10.0. The maximum atomic E-state index is 11.9. The molecule has 2 amide bonds. The molecule has 1 atom stereocenters. The van der Waals surface area contributed by atoms with Crippen molar-refractivity contribution in [3.8, 4) is 0 Å². The van der Waals surface area contributed by atoms with Crippen LogP contribution in [0.2, 0.25) is 0 Å². The molecule has 84 valence electrons. The average molecular weight is 210 g/mol. The van der Waals surface area contributed by atoms with Crippen LogP contribution in [0.25, 0.3) is 0 Å². The second-order valence-electron chi connectivity index (χ2n) is 4.26. The van der Waals surface area contributed by atoms with Gasteiger partial charge < -0.3 is 10.2 Å². The molecule has 0 saturated carbocycles. The Morgan fingerprint density at radius 3 is 2.80 bits per heavy atom. The van der Waals surface area contributed by atoms with Gasteiger partial charge in [0.15, 0.2) is 0 Å². The molecule has 1 unspecified atom stereocenters. The number of rotatable bonds is 4. The number of carbonyl (C=O) groups excluding carboxylic acids is 2. The van der Waals surface area contributed by atoms with Gasteiger partial charge in [0.1, 0.15) is 6.04 Å². The molecule has 0 bridgehead atoms. The Balaban J connectivity index is 2.67. The topological polar surface area (TPSA) is 49.4 Å². The van der Waals surface area contributed by atoms with Crippen LogP contribution in [0.3, 0.4) is 0 Å². The minimum Gasteiger partial charge on any atom is -0.343 e. The van der Waals surface area contributed by atoms with E-state index < -0.39 is 0 Å². The molecule has 1 aliphatic rings. The molecule has 1 heterocycles. The lowest BCUT2D eigenvalue weighted by Crippen LogP contribution is -2.58. The average Bonchev–Trinajstić information content (AvgIpc) is 2.12. The van der Waals surface area contributed by atoms with Crippen molar-refractivity contribution in [2.75, 3.05) is 13.1 Å². The summed E-state index contributed by atoms with van der Waals surface area (Å²) in [7, 11) is 0. The smallest absolute Gasteiger partial charge is 0.245 e. The van der Waals surface area contributed by atoms with Crippen LogP contribution in [0.4, 0.5) is 0 Å². The third kappa shape index (κ3) is 3.08. The monoisotopic (exact) mass is 210 g/mol. The second kappa shape index (κ2) is 4.96. The van der Waals surface area contributed by atoms with Gasteiger partial charge in [0.05, 0.1) is 6.54 Å². The third-order valence-corrected chi connectivity index (χ3v) is 2.34. The third-order valence-electron chi connectivity index (χ3n) is 2.34. The summed E-state index contributed by atoms with van der Waals surface area (Å²) in [5.41, 5.74) is 0. The highest BCUT2D eigenvalue weighted by Crippen LogP contribution is 2.11. The highest BCUT2D eigenvalue weighted by atomic mass is 16.2. The van der Waals surface area contributed by atoms with Gasteiger partial charge in [0.25, 0.3) is 0 Å². The summed E-state index contributed by atoms with van der Waals surface area (Å²) in [5, 5.41) is 2.72. The lowest BCUT2D eigenvalue weighted by Gasteiger charge is -2.32. The zero-order valence-electron chi connectivity index (χ0n) is 9.32. The fraction of sp³-hybridized carbons (Fsp3) is 0.636. The predicted octanol–water partition coefficient (Wildman–Crippen LogP) is 0.545. The van der Waals surface area contributed by atoms with Gasteiger partial charge in [-0.1, -0.05) is 19.9 Å². The van der Waals surface area contributed by atoms with Gasteiger partial charge in [-0.25, -0.2) is 0 Å². The Labute approximate surface area is 90.3 Å². The van der Waals surface area contributed by atoms with E-state index in [4.69, 9.17) is 0 Å².